The highest BCUT2D eigenvalue weighted by Gasteiger charge is 2.26. The van der Waals surface area contributed by atoms with Crippen molar-refractivity contribution in [2.45, 2.75) is 25.5 Å². The van der Waals surface area contributed by atoms with Gasteiger partial charge in [0.05, 0.1) is 6.07 Å². The second kappa shape index (κ2) is 3.96. The monoisotopic (exact) mass is 177 g/mol. The summed E-state index contributed by atoms with van der Waals surface area (Å²) in [6.07, 6.45) is 3.58. The number of halogens is 1. The van der Waals surface area contributed by atoms with Gasteiger partial charge in [-0.3, -0.25) is 0 Å². The molecule has 0 radical (unpaired) electrons. The summed E-state index contributed by atoms with van der Waals surface area (Å²) in [5, 5.41) is 8.38. The second-order valence-corrected chi connectivity index (χ2v) is 6.58. The molecule has 0 N–H and O–H groups in total. The van der Waals surface area contributed by atoms with Crippen molar-refractivity contribution in [3.05, 3.63) is 0 Å². The van der Waals surface area contributed by atoms with E-state index in [-0.39, 0.29) is 11.2 Å². The highest BCUT2D eigenvalue weighted by Crippen LogP contribution is 2.50. The molecule has 66 valence electrons. The fourth-order valence-corrected chi connectivity index (χ4v) is 2.94. The van der Waals surface area contributed by atoms with Crippen LogP contribution in [0.4, 0.5) is 3.89 Å². The van der Waals surface area contributed by atoms with Gasteiger partial charge in [0.1, 0.15) is 0 Å². The Balaban J connectivity index is 4.25. The molecular formula is C8H16FNS. The van der Waals surface area contributed by atoms with E-state index in [0.717, 1.165) is 0 Å². The SMILES string of the molecule is CC(C)C(CC#N)S(C)(C)F. The number of rotatable bonds is 3. The predicted octanol–water partition coefficient (Wildman–Crippen LogP) is 2.87. The normalized spacial score (nSPS) is 16.1. The van der Waals surface area contributed by atoms with Crippen LogP contribution in [0.15, 0.2) is 0 Å². The molecule has 1 atom stereocenters. The molecule has 0 aromatic heterocycles. The van der Waals surface area contributed by atoms with E-state index in [2.05, 4.69) is 0 Å². The van der Waals surface area contributed by atoms with Gasteiger partial charge in [0.25, 0.3) is 0 Å². The summed E-state index contributed by atoms with van der Waals surface area (Å²) in [6, 6.07) is 2.04. The molecule has 0 bridgehead atoms. The minimum Gasteiger partial charge on any atom is -0.198 e. The number of hydrogen-bond acceptors (Lipinski definition) is 1. The predicted molar refractivity (Wildman–Crippen MR) is 49.4 cm³/mol. The Hall–Kier alpha value is -0.230. The maximum Gasteiger partial charge on any atom is 0.0633 e. The van der Waals surface area contributed by atoms with Crippen LogP contribution in [-0.4, -0.2) is 17.8 Å². The van der Waals surface area contributed by atoms with E-state index in [0.29, 0.717) is 6.42 Å². The first-order chi connectivity index (χ1) is 4.89. The van der Waals surface area contributed by atoms with Crippen molar-refractivity contribution in [3.8, 4) is 6.07 Å². The highest BCUT2D eigenvalue weighted by atomic mass is 32.3. The van der Waals surface area contributed by atoms with Crippen molar-refractivity contribution in [3.63, 3.8) is 0 Å². The molecular weight excluding hydrogens is 161 g/mol. The molecule has 3 heteroatoms. The van der Waals surface area contributed by atoms with Gasteiger partial charge in [0.15, 0.2) is 0 Å². The molecule has 1 nitrogen and oxygen atoms in total. The standard InChI is InChI=1S/C8H16FNS/c1-7(2)8(5-6-10)11(3,4)9/h7-8H,5H2,1-4H3. The van der Waals surface area contributed by atoms with Gasteiger partial charge in [0.2, 0.25) is 0 Å². The van der Waals surface area contributed by atoms with Crippen molar-refractivity contribution in [2.75, 3.05) is 12.5 Å². The smallest absolute Gasteiger partial charge is 0.0633 e. The van der Waals surface area contributed by atoms with E-state index in [1.165, 1.54) is 0 Å². The minimum absolute atomic E-state index is 0.0625. The van der Waals surface area contributed by atoms with Crippen molar-refractivity contribution in [2.24, 2.45) is 5.92 Å². The number of nitriles is 1. The largest absolute Gasteiger partial charge is 0.198 e. The Morgan fingerprint density at radius 1 is 1.45 bits per heavy atom. The third kappa shape index (κ3) is 3.62. The number of hydrogen-bond donors (Lipinski definition) is 0. The van der Waals surface area contributed by atoms with Gasteiger partial charge in [-0.15, -0.1) is 0 Å². The second-order valence-electron chi connectivity index (χ2n) is 3.42. The van der Waals surface area contributed by atoms with Gasteiger partial charge in [-0.05, 0) is 18.4 Å². The van der Waals surface area contributed by atoms with Gasteiger partial charge in [-0.2, -0.15) is 9.15 Å². The molecule has 0 saturated carbocycles. The molecule has 0 aliphatic heterocycles. The van der Waals surface area contributed by atoms with Crippen LogP contribution in [0.1, 0.15) is 20.3 Å². The lowest BCUT2D eigenvalue weighted by Crippen LogP contribution is -2.19. The van der Waals surface area contributed by atoms with Gasteiger partial charge in [-0.1, -0.05) is 24.3 Å². The maximum absolute atomic E-state index is 13.4. The maximum atomic E-state index is 13.4. The topological polar surface area (TPSA) is 23.8 Å². The zero-order valence-electron chi connectivity index (χ0n) is 7.60. The van der Waals surface area contributed by atoms with Crippen LogP contribution < -0.4 is 0 Å². The molecule has 11 heavy (non-hydrogen) atoms. The first kappa shape index (κ1) is 10.8. The molecule has 0 aromatic carbocycles. The molecule has 0 spiro atoms. The summed E-state index contributed by atoms with van der Waals surface area (Å²) >= 11 is 0. The Labute approximate surface area is 70.2 Å². The van der Waals surface area contributed by atoms with Crippen LogP contribution in [0.5, 0.6) is 0 Å². The van der Waals surface area contributed by atoms with Crippen molar-refractivity contribution < 1.29 is 3.89 Å². The van der Waals surface area contributed by atoms with E-state index in [4.69, 9.17) is 5.26 Å². The lowest BCUT2D eigenvalue weighted by molar-refractivity contribution is 0.594. The molecule has 0 aromatic rings. The molecule has 0 aliphatic rings. The first-order valence-electron chi connectivity index (χ1n) is 3.68. The molecule has 1 unspecified atom stereocenters. The van der Waals surface area contributed by atoms with E-state index in [1.807, 2.05) is 19.9 Å². The first-order valence-corrected chi connectivity index (χ1v) is 6.09. The van der Waals surface area contributed by atoms with Crippen LogP contribution in [0.2, 0.25) is 0 Å². The Bertz CT molecular complexity index is 154. The quantitative estimate of drug-likeness (QED) is 0.650. The van der Waals surface area contributed by atoms with E-state index in [1.54, 1.807) is 12.5 Å². The van der Waals surface area contributed by atoms with Crippen LogP contribution in [0.3, 0.4) is 0 Å². The third-order valence-corrected chi connectivity index (χ3v) is 3.91. The zero-order valence-corrected chi connectivity index (χ0v) is 8.41. The zero-order chi connectivity index (χ0) is 9.07. The molecule has 0 aliphatic carbocycles. The van der Waals surface area contributed by atoms with Crippen LogP contribution in [-0.2, 0) is 0 Å². The Morgan fingerprint density at radius 3 is 2.00 bits per heavy atom. The molecule has 0 heterocycles. The molecule has 0 rings (SSSR count). The lowest BCUT2D eigenvalue weighted by Gasteiger charge is -2.32. The molecule has 0 fully saturated rings. The summed E-state index contributed by atoms with van der Waals surface area (Å²) < 4.78 is 13.4. The third-order valence-electron chi connectivity index (χ3n) is 1.76. The number of nitrogens with zero attached hydrogens (tertiary/aromatic N) is 1. The van der Waals surface area contributed by atoms with Crippen LogP contribution in [0, 0.1) is 17.2 Å². The molecule has 0 saturated heterocycles. The highest BCUT2D eigenvalue weighted by molar-refractivity contribution is 8.29. The fourth-order valence-electron chi connectivity index (χ4n) is 1.17. The van der Waals surface area contributed by atoms with E-state index >= 15 is 0 Å². The van der Waals surface area contributed by atoms with Gasteiger partial charge < -0.3 is 0 Å². The summed E-state index contributed by atoms with van der Waals surface area (Å²) in [6.45, 7) is 3.94. The van der Waals surface area contributed by atoms with Gasteiger partial charge in [0, 0.05) is 11.7 Å². The Morgan fingerprint density at radius 2 is 1.91 bits per heavy atom. The van der Waals surface area contributed by atoms with E-state index in [9.17, 15) is 3.89 Å². The summed E-state index contributed by atoms with van der Waals surface area (Å²) in [5.74, 6) is 0.268. The average Bonchev–Trinajstić information content (AvgIpc) is 1.79. The summed E-state index contributed by atoms with van der Waals surface area (Å²) in [5.41, 5.74) is 0. The van der Waals surface area contributed by atoms with Crippen LogP contribution >= 0.6 is 10.4 Å². The molecule has 0 amide bonds. The van der Waals surface area contributed by atoms with Gasteiger partial charge in [-0.25, -0.2) is 0 Å². The fraction of sp³-hybridized carbons (Fsp3) is 0.875. The van der Waals surface area contributed by atoms with Crippen molar-refractivity contribution in [1.82, 2.24) is 0 Å². The minimum atomic E-state index is -2.05. The summed E-state index contributed by atoms with van der Waals surface area (Å²) in [7, 11) is -2.05. The average molecular weight is 177 g/mol. The van der Waals surface area contributed by atoms with E-state index < -0.39 is 10.4 Å². The van der Waals surface area contributed by atoms with Crippen LogP contribution in [0.25, 0.3) is 0 Å². The lowest BCUT2D eigenvalue weighted by atomic mass is 10.1. The van der Waals surface area contributed by atoms with Gasteiger partial charge >= 0.3 is 0 Å². The summed E-state index contributed by atoms with van der Waals surface area (Å²) in [4.78, 5) is 0. The van der Waals surface area contributed by atoms with Crippen molar-refractivity contribution in [1.29, 1.82) is 5.26 Å². The van der Waals surface area contributed by atoms with Crippen molar-refractivity contribution >= 4 is 10.4 Å². The Kier molecular flexibility index (Phi) is 3.88.